The number of nitrogens with one attached hydrogen (secondary N) is 2. The van der Waals surface area contributed by atoms with E-state index in [-0.39, 0.29) is 17.3 Å². The van der Waals surface area contributed by atoms with Gasteiger partial charge >= 0.3 is 0 Å². The number of carbonyl (C=O) groups is 1. The van der Waals surface area contributed by atoms with Crippen molar-refractivity contribution < 1.29 is 14.5 Å². The Balaban J connectivity index is 2.09. The number of nitro groups is 1. The van der Waals surface area contributed by atoms with Crippen molar-refractivity contribution in [1.82, 2.24) is 0 Å². The van der Waals surface area contributed by atoms with Gasteiger partial charge in [-0.05, 0) is 37.6 Å². The molecule has 0 fully saturated rings. The average Bonchev–Trinajstić information content (AvgIpc) is 2.54. The molecule has 24 heavy (non-hydrogen) atoms. The van der Waals surface area contributed by atoms with Gasteiger partial charge in [0.1, 0.15) is 11.8 Å². The van der Waals surface area contributed by atoms with E-state index in [4.69, 9.17) is 4.74 Å². The van der Waals surface area contributed by atoms with Crippen LogP contribution in [0.2, 0.25) is 0 Å². The lowest BCUT2D eigenvalue weighted by Crippen LogP contribution is -2.32. The highest BCUT2D eigenvalue weighted by Crippen LogP contribution is 2.29. The Morgan fingerprint density at radius 1 is 1.25 bits per heavy atom. The molecule has 0 radical (unpaired) electrons. The Morgan fingerprint density at radius 3 is 2.62 bits per heavy atom. The molecule has 0 saturated heterocycles. The van der Waals surface area contributed by atoms with Crippen molar-refractivity contribution in [3.63, 3.8) is 0 Å². The van der Waals surface area contributed by atoms with Crippen LogP contribution < -0.4 is 15.4 Å². The molecule has 2 N–H and O–H groups in total. The van der Waals surface area contributed by atoms with Crippen LogP contribution in [-0.2, 0) is 4.79 Å². The smallest absolute Gasteiger partial charge is 0.273 e. The maximum atomic E-state index is 12.3. The Morgan fingerprint density at radius 2 is 2.00 bits per heavy atom. The maximum absolute atomic E-state index is 12.3. The summed E-state index contributed by atoms with van der Waals surface area (Å²) < 4.78 is 5.11. The zero-order chi connectivity index (χ0) is 17.7. The van der Waals surface area contributed by atoms with Gasteiger partial charge in [0, 0.05) is 11.8 Å². The molecule has 0 spiro atoms. The van der Waals surface area contributed by atoms with Crippen molar-refractivity contribution in [2.45, 2.75) is 19.9 Å². The van der Waals surface area contributed by atoms with E-state index in [1.807, 2.05) is 31.2 Å². The predicted octanol–water partition coefficient (Wildman–Crippen LogP) is 3.35. The lowest BCUT2D eigenvalue weighted by atomic mass is 10.2. The lowest BCUT2D eigenvalue weighted by molar-refractivity contribution is -0.384. The lowest BCUT2D eigenvalue weighted by Gasteiger charge is -2.17. The molecule has 0 aliphatic rings. The van der Waals surface area contributed by atoms with Crippen molar-refractivity contribution >= 4 is 23.0 Å². The standard InChI is InChI=1S/C17H19N3O4/c1-11-5-4-6-13(9-11)18-12(2)17(21)19-15-8-7-14(20(22)23)10-16(15)24-3/h4-10,12,18H,1-3H3,(H,19,21)/t12-/m1/s1. The van der Waals surface area contributed by atoms with Crippen LogP contribution in [0.3, 0.4) is 0 Å². The summed E-state index contributed by atoms with van der Waals surface area (Å²) in [6, 6.07) is 11.2. The summed E-state index contributed by atoms with van der Waals surface area (Å²) in [5.41, 5.74) is 2.21. The van der Waals surface area contributed by atoms with E-state index in [1.54, 1.807) is 6.92 Å². The van der Waals surface area contributed by atoms with Crippen molar-refractivity contribution in [3.8, 4) is 5.75 Å². The van der Waals surface area contributed by atoms with Crippen LogP contribution in [0.5, 0.6) is 5.75 Å². The Labute approximate surface area is 139 Å². The first-order valence-corrected chi connectivity index (χ1v) is 7.37. The fourth-order valence-corrected chi connectivity index (χ4v) is 2.19. The number of hydrogen-bond acceptors (Lipinski definition) is 5. The number of rotatable bonds is 6. The average molecular weight is 329 g/mol. The van der Waals surface area contributed by atoms with E-state index in [1.165, 1.54) is 25.3 Å². The van der Waals surface area contributed by atoms with Gasteiger partial charge in [0.2, 0.25) is 5.91 Å². The highest BCUT2D eigenvalue weighted by atomic mass is 16.6. The molecule has 1 atom stereocenters. The Hall–Kier alpha value is -3.09. The molecule has 0 aliphatic heterocycles. The quantitative estimate of drug-likeness (QED) is 0.626. The number of non-ortho nitro benzene ring substituents is 1. The van der Waals surface area contributed by atoms with Crippen LogP contribution in [0.25, 0.3) is 0 Å². The first-order valence-electron chi connectivity index (χ1n) is 7.37. The van der Waals surface area contributed by atoms with Gasteiger partial charge in [0.05, 0.1) is 23.8 Å². The minimum Gasteiger partial charge on any atom is -0.494 e. The predicted molar refractivity (Wildman–Crippen MR) is 92.5 cm³/mol. The van der Waals surface area contributed by atoms with E-state index in [0.29, 0.717) is 5.69 Å². The summed E-state index contributed by atoms with van der Waals surface area (Å²) in [5, 5.41) is 16.6. The molecular formula is C17H19N3O4. The van der Waals surface area contributed by atoms with Gasteiger partial charge in [-0.15, -0.1) is 0 Å². The van der Waals surface area contributed by atoms with Gasteiger partial charge in [-0.1, -0.05) is 12.1 Å². The van der Waals surface area contributed by atoms with Crippen LogP contribution in [0, 0.1) is 17.0 Å². The summed E-state index contributed by atoms with van der Waals surface area (Å²) in [7, 11) is 1.39. The molecular weight excluding hydrogens is 310 g/mol. The van der Waals surface area contributed by atoms with E-state index in [0.717, 1.165) is 11.3 Å². The summed E-state index contributed by atoms with van der Waals surface area (Å²) >= 11 is 0. The van der Waals surface area contributed by atoms with Crippen LogP contribution in [0.1, 0.15) is 12.5 Å². The van der Waals surface area contributed by atoms with Gasteiger partial charge in [-0.25, -0.2) is 0 Å². The summed E-state index contributed by atoms with van der Waals surface area (Å²) in [4.78, 5) is 22.6. The molecule has 7 nitrogen and oxygen atoms in total. The number of aryl methyl sites for hydroxylation is 1. The molecule has 2 rings (SSSR count). The van der Waals surface area contributed by atoms with Gasteiger partial charge in [-0.2, -0.15) is 0 Å². The third-order valence-corrected chi connectivity index (χ3v) is 3.45. The third-order valence-electron chi connectivity index (χ3n) is 3.45. The van der Waals surface area contributed by atoms with Gasteiger partial charge in [0.15, 0.2) is 0 Å². The number of hydrogen-bond donors (Lipinski definition) is 2. The van der Waals surface area contributed by atoms with Crippen molar-refractivity contribution in [2.24, 2.45) is 0 Å². The number of amides is 1. The fourth-order valence-electron chi connectivity index (χ4n) is 2.19. The van der Waals surface area contributed by atoms with Gasteiger partial charge in [-0.3, -0.25) is 14.9 Å². The normalized spacial score (nSPS) is 11.5. The Bertz CT molecular complexity index is 761. The van der Waals surface area contributed by atoms with E-state index in [9.17, 15) is 14.9 Å². The molecule has 0 aliphatic carbocycles. The number of benzene rings is 2. The molecule has 0 unspecified atom stereocenters. The number of carbonyl (C=O) groups excluding carboxylic acids is 1. The van der Waals surface area contributed by atoms with Crippen LogP contribution in [0.15, 0.2) is 42.5 Å². The minimum atomic E-state index is -0.518. The highest BCUT2D eigenvalue weighted by molar-refractivity contribution is 5.97. The number of ether oxygens (including phenoxy) is 1. The van der Waals surface area contributed by atoms with Gasteiger partial charge in [0.25, 0.3) is 5.69 Å². The molecule has 0 saturated carbocycles. The Kier molecular flexibility index (Phi) is 5.36. The number of nitro benzene ring substituents is 1. The van der Waals surface area contributed by atoms with E-state index < -0.39 is 11.0 Å². The molecule has 0 bridgehead atoms. The maximum Gasteiger partial charge on any atom is 0.273 e. The van der Waals surface area contributed by atoms with E-state index in [2.05, 4.69) is 10.6 Å². The zero-order valence-corrected chi connectivity index (χ0v) is 13.7. The first-order chi connectivity index (χ1) is 11.4. The van der Waals surface area contributed by atoms with Crippen LogP contribution in [-0.4, -0.2) is 24.0 Å². The molecule has 2 aromatic carbocycles. The molecule has 7 heteroatoms. The van der Waals surface area contributed by atoms with Crippen LogP contribution in [0.4, 0.5) is 17.1 Å². The summed E-state index contributed by atoms with van der Waals surface area (Å²) in [6.07, 6.45) is 0. The third kappa shape index (κ3) is 4.22. The summed E-state index contributed by atoms with van der Waals surface area (Å²) in [5.74, 6) is -0.0380. The molecule has 0 heterocycles. The molecule has 126 valence electrons. The molecule has 0 aromatic heterocycles. The summed E-state index contributed by atoms with van der Waals surface area (Å²) in [6.45, 7) is 3.70. The highest BCUT2D eigenvalue weighted by Gasteiger charge is 2.17. The second-order valence-electron chi connectivity index (χ2n) is 5.37. The van der Waals surface area contributed by atoms with Crippen molar-refractivity contribution in [1.29, 1.82) is 0 Å². The molecule has 2 aromatic rings. The van der Waals surface area contributed by atoms with E-state index >= 15 is 0 Å². The second-order valence-corrected chi connectivity index (χ2v) is 5.37. The van der Waals surface area contributed by atoms with Gasteiger partial charge < -0.3 is 15.4 Å². The zero-order valence-electron chi connectivity index (χ0n) is 13.7. The SMILES string of the molecule is COc1cc([N+](=O)[O-])ccc1NC(=O)[C@@H](C)Nc1cccc(C)c1. The van der Waals surface area contributed by atoms with Crippen molar-refractivity contribution in [2.75, 3.05) is 17.7 Å². The largest absolute Gasteiger partial charge is 0.494 e. The molecule has 1 amide bonds. The number of nitrogens with zero attached hydrogens (tertiary/aromatic N) is 1. The van der Waals surface area contributed by atoms with Crippen molar-refractivity contribution in [3.05, 3.63) is 58.1 Å². The van der Waals surface area contributed by atoms with Crippen LogP contribution >= 0.6 is 0 Å². The topological polar surface area (TPSA) is 93.5 Å². The number of anilines is 2. The first kappa shape index (κ1) is 17.3. The number of methoxy groups -OCH3 is 1. The minimum absolute atomic E-state index is 0.101. The fraction of sp³-hybridized carbons (Fsp3) is 0.235. The monoisotopic (exact) mass is 329 g/mol. The second kappa shape index (κ2) is 7.45.